The van der Waals surface area contributed by atoms with Crippen LogP contribution in [-0.2, 0) is 0 Å². The Morgan fingerprint density at radius 1 is 1.32 bits per heavy atom. The van der Waals surface area contributed by atoms with Crippen molar-refractivity contribution in [2.45, 2.75) is 33.6 Å². The lowest BCUT2D eigenvalue weighted by Gasteiger charge is -2.18. The zero-order valence-corrected chi connectivity index (χ0v) is 12.5. The van der Waals surface area contributed by atoms with Gasteiger partial charge in [-0.2, -0.15) is 0 Å². The van der Waals surface area contributed by atoms with Crippen LogP contribution < -0.4 is 4.74 Å². The fourth-order valence-corrected chi connectivity index (χ4v) is 1.49. The topological polar surface area (TPSA) is 9.23 Å². The van der Waals surface area contributed by atoms with Gasteiger partial charge in [-0.15, -0.1) is 11.6 Å². The summed E-state index contributed by atoms with van der Waals surface area (Å²) in [5, 5.41) is 0. The van der Waals surface area contributed by atoms with Crippen molar-refractivity contribution in [1.82, 2.24) is 0 Å². The van der Waals surface area contributed by atoms with E-state index < -0.39 is 0 Å². The van der Waals surface area contributed by atoms with Crippen molar-refractivity contribution in [3.05, 3.63) is 29.6 Å². The van der Waals surface area contributed by atoms with Gasteiger partial charge >= 0.3 is 0 Å². The number of hydrogen-bond donors (Lipinski definition) is 0. The predicted octanol–water partition coefficient (Wildman–Crippen LogP) is 4.62. The summed E-state index contributed by atoms with van der Waals surface area (Å²) in [6.45, 7) is 7.06. The molecule has 0 saturated heterocycles. The summed E-state index contributed by atoms with van der Waals surface area (Å²) >= 11 is 5.56. The molecule has 0 aliphatic carbocycles. The van der Waals surface area contributed by atoms with Gasteiger partial charge in [0, 0.05) is 12.3 Å². The molecular weight excluding hydrogens is 263 g/mol. The van der Waals surface area contributed by atoms with Crippen LogP contribution in [0.25, 0.3) is 0 Å². The van der Waals surface area contributed by atoms with Gasteiger partial charge in [0.2, 0.25) is 0 Å². The molecule has 0 aliphatic heterocycles. The minimum Gasteiger partial charge on any atom is -0.492 e. The molecule has 0 aliphatic rings. The molecule has 1 aromatic carbocycles. The Morgan fingerprint density at radius 3 is 2.68 bits per heavy atom. The molecule has 0 unspecified atom stereocenters. The number of ether oxygens (including phenoxy) is 1. The zero-order chi connectivity index (χ0) is 14.3. The fourth-order valence-electron chi connectivity index (χ4n) is 1.40. The molecule has 0 spiro atoms. The monoisotopic (exact) mass is 282 g/mol. The third-order valence-electron chi connectivity index (χ3n) is 2.49. The smallest absolute Gasteiger partial charge is 0.135 e. The lowest BCUT2D eigenvalue weighted by Crippen LogP contribution is -2.11. The second-order valence-corrected chi connectivity index (χ2v) is 5.92. The normalized spacial score (nSPS) is 10.8. The van der Waals surface area contributed by atoms with Crippen LogP contribution in [0, 0.1) is 23.1 Å². The van der Waals surface area contributed by atoms with Crippen molar-refractivity contribution in [2.75, 3.05) is 12.5 Å². The highest BCUT2D eigenvalue weighted by Crippen LogP contribution is 2.22. The van der Waals surface area contributed by atoms with Gasteiger partial charge in [-0.1, -0.05) is 32.6 Å². The minimum atomic E-state index is -0.307. The number of halogens is 2. The van der Waals surface area contributed by atoms with Crippen LogP contribution in [-0.4, -0.2) is 12.5 Å². The van der Waals surface area contributed by atoms with Crippen molar-refractivity contribution < 1.29 is 9.13 Å². The molecule has 0 heterocycles. The van der Waals surface area contributed by atoms with E-state index in [1.54, 1.807) is 6.07 Å². The molecule has 1 aromatic rings. The van der Waals surface area contributed by atoms with Crippen molar-refractivity contribution in [2.24, 2.45) is 5.41 Å². The first-order valence-corrected chi connectivity index (χ1v) is 6.93. The van der Waals surface area contributed by atoms with Crippen molar-refractivity contribution in [3.8, 4) is 17.6 Å². The molecule has 0 bridgehead atoms. The molecule has 0 fully saturated rings. The fraction of sp³-hybridized carbons (Fsp3) is 0.500. The summed E-state index contributed by atoms with van der Waals surface area (Å²) in [6.07, 6.45) is 1.51. The van der Waals surface area contributed by atoms with E-state index in [-0.39, 0.29) is 11.2 Å². The van der Waals surface area contributed by atoms with Gasteiger partial charge in [-0.3, -0.25) is 0 Å². The van der Waals surface area contributed by atoms with E-state index in [0.717, 1.165) is 6.42 Å². The highest BCUT2D eigenvalue weighted by molar-refractivity contribution is 6.18. The Balaban J connectivity index is 2.74. The van der Waals surface area contributed by atoms with Gasteiger partial charge < -0.3 is 4.74 Å². The summed E-state index contributed by atoms with van der Waals surface area (Å²) in [5.41, 5.74) is 0.795. The number of benzene rings is 1. The standard InChI is InChI=1S/C16H20ClFO/c1-16(2,3)9-11-19-15-8-7-14(18)12-13(15)6-4-5-10-17/h7-8,12H,5,9-11H2,1-3H3. The van der Waals surface area contributed by atoms with E-state index in [0.29, 0.717) is 30.2 Å². The molecule has 0 aromatic heterocycles. The molecule has 3 heteroatoms. The van der Waals surface area contributed by atoms with Gasteiger partial charge in [0.05, 0.1) is 12.2 Å². The number of rotatable bonds is 4. The molecule has 1 rings (SSSR count). The maximum absolute atomic E-state index is 13.2. The van der Waals surface area contributed by atoms with Gasteiger partial charge in [0.1, 0.15) is 11.6 Å². The first-order valence-electron chi connectivity index (χ1n) is 6.39. The molecule has 0 atom stereocenters. The highest BCUT2D eigenvalue weighted by Gasteiger charge is 2.11. The molecule has 1 nitrogen and oxygen atoms in total. The first kappa shape index (κ1) is 15.9. The van der Waals surface area contributed by atoms with Crippen LogP contribution in [0.3, 0.4) is 0 Å². The van der Waals surface area contributed by atoms with E-state index in [4.69, 9.17) is 16.3 Å². The summed E-state index contributed by atoms with van der Waals surface area (Å²) in [5.74, 6) is 6.60. The van der Waals surface area contributed by atoms with E-state index in [2.05, 4.69) is 32.6 Å². The van der Waals surface area contributed by atoms with Crippen LogP contribution in [0.4, 0.5) is 4.39 Å². The maximum Gasteiger partial charge on any atom is 0.135 e. The molecule has 19 heavy (non-hydrogen) atoms. The Hall–Kier alpha value is -1.20. The summed E-state index contributed by atoms with van der Waals surface area (Å²) in [4.78, 5) is 0. The molecule has 104 valence electrons. The van der Waals surface area contributed by atoms with Crippen molar-refractivity contribution in [1.29, 1.82) is 0 Å². The van der Waals surface area contributed by atoms with Gasteiger partial charge in [0.25, 0.3) is 0 Å². The first-order chi connectivity index (χ1) is 8.92. The van der Waals surface area contributed by atoms with E-state index >= 15 is 0 Å². The van der Waals surface area contributed by atoms with Gasteiger partial charge in [-0.05, 0) is 30.0 Å². The van der Waals surface area contributed by atoms with E-state index in [1.807, 2.05) is 0 Å². The summed E-state index contributed by atoms with van der Waals surface area (Å²) in [6, 6.07) is 4.41. The third kappa shape index (κ3) is 6.50. The molecule has 0 saturated carbocycles. The lowest BCUT2D eigenvalue weighted by molar-refractivity contribution is 0.242. The molecule has 0 amide bonds. The number of hydrogen-bond acceptors (Lipinski definition) is 1. The molecule has 0 N–H and O–H groups in total. The van der Waals surface area contributed by atoms with Crippen LogP contribution in [0.1, 0.15) is 39.2 Å². The quantitative estimate of drug-likeness (QED) is 0.578. The van der Waals surface area contributed by atoms with Crippen molar-refractivity contribution >= 4 is 11.6 Å². The maximum atomic E-state index is 13.2. The van der Waals surface area contributed by atoms with Crippen molar-refractivity contribution in [3.63, 3.8) is 0 Å². The Bertz CT molecular complexity index is 466. The largest absolute Gasteiger partial charge is 0.492 e. The molecular formula is C16H20ClFO. The summed E-state index contributed by atoms with van der Waals surface area (Å²) in [7, 11) is 0. The van der Waals surface area contributed by atoms with Gasteiger partial charge in [-0.25, -0.2) is 4.39 Å². The highest BCUT2D eigenvalue weighted by atomic mass is 35.5. The average Bonchev–Trinajstić information content (AvgIpc) is 2.30. The second-order valence-electron chi connectivity index (χ2n) is 5.54. The SMILES string of the molecule is CC(C)(C)CCOc1ccc(F)cc1C#CCCCl. The van der Waals surface area contributed by atoms with Crippen LogP contribution in [0.2, 0.25) is 0 Å². The Labute approximate surface area is 120 Å². The Morgan fingerprint density at radius 2 is 2.05 bits per heavy atom. The van der Waals surface area contributed by atoms with Gasteiger partial charge in [0.15, 0.2) is 0 Å². The zero-order valence-electron chi connectivity index (χ0n) is 11.7. The third-order valence-corrected chi connectivity index (χ3v) is 2.68. The van der Waals surface area contributed by atoms with Crippen LogP contribution in [0.5, 0.6) is 5.75 Å². The summed E-state index contributed by atoms with van der Waals surface area (Å²) < 4.78 is 18.9. The van der Waals surface area contributed by atoms with Crippen LogP contribution >= 0.6 is 11.6 Å². The Kier molecular flexibility index (Phi) is 6.18. The van der Waals surface area contributed by atoms with Crippen LogP contribution in [0.15, 0.2) is 18.2 Å². The number of alkyl halides is 1. The van der Waals surface area contributed by atoms with E-state index in [9.17, 15) is 4.39 Å². The second kappa shape index (κ2) is 7.40. The minimum absolute atomic E-state index is 0.213. The van der Waals surface area contributed by atoms with E-state index in [1.165, 1.54) is 12.1 Å². The molecule has 0 radical (unpaired) electrons. The average molecular weight is 283 g/mol. The lowest BCUT2D eigenvalue weighted by atomic mass is 9.93. The predicted molar refractivity (Wildman–Crippen MR) is 78.2 cm³/mol.